The van der Waals surface area contributed by atoms with Crippen LogP contribution in [-0.4, -0.2) is 35.0 Å². The zero-order chi connectivity index (χ0) is 11.7. The molecule has 0 aliphatic carbocycles. The Morgan fingerprint density at radius 3 is 2.94 bits per heavy atom. The number of hydrogen-bond acceptors (Lipinski definition) is 3. The summed E-state index contributed by atoms with van der Waals surface area (Å²) < 4.78 is 0. The zero-order valence-electron chi connectivity index (χ0n) is 9.31. The molecule has 1 atom stereocenters. The molecule has 0 spiro atoms. The highest BCUT2D eigenvalue weighted by Crippen LogP contribution is 2.24. The van der Waals surface area contributed by atoms with Crippen LogP contribution in [0, 0.1) is 6.92 Å². The van der Waals surface area contributed by atoms with Crippen LogP contribution in [0.3, 0.4) is 0 Å². The molecular weight excluding hydrogens is 204 g/mol. The number of phenols is 1. The summed E-state index contributed by atoms with van der Waals surface area (Å²) in [4.78, 5) is 13.8. The van der Waals surface area contributed by atoms with Crippen LogP contribution in [0.4, 0.5) is 0 Å². The summed E-state index contributed by atoms with van der Waals surface area (Å²) in [7, 11) is 0. The molecule has 1 saturated heterocycles. The van der Waals surface area contributed by atoms with Gasteiger partial charge in [0.05, 0.1) is 5.56 Å². The molecule has 1 amide bonds. The Balaban J connectivity index is 2.24. The fourth-order valence-electron chi connectivity index (χ4n) is 1.97. The number of likely N-dealkylation sites (tertiary alicyclic amines) is 1. The minimum atomic E-state index is -0.130. The lowest BCUT2D eigenvalue weighted by Gasteiger charge is -2.17. The number of aryl methyl sites for hydroxylation is 1. The molecule has 4 heteroatoms. The molecule has 1 aromatic rings. The van der Waals surface area contributed by atoms with Gasteiger partial charge in [0.1, 0.15) is 5.75 Å². The van der Waals surface area contributed by atoms with Crippen molar-refractivity contribution in [1.29, 1.82) is 0 Å². The van der Waals surface area contributed by atoms with E-state index < -0.39 is 0 Å². The number of para-hydroxylation sites is 1. The van der Waals surface area contributed by atoms with Crippen molar-refractivity contribution in [1.82, 2.24) is 4.90 Å². The van der Waals surface area contributed by atoms with Crippen molar-refractivity contribution in [3.05, 3.63) is 29.3 Å². The number of amides is 1. The monoisotopic (exact) mass is 220 g/mol. The fourth-order valence-corrected chi connectivity index (χ4v) is 1.97. The molecule has 4 nitrogen and oxygen atoms in total. The number of rotatable bonds is 1. The molecule has 1 aromatic carbocycles. The quantitative estimate of drug-likeness (QED) is 0.738. The molecule has 1 heterocycles. The second-order valence-electron chi connectivity index (χ2n) is 4.27. The lowest BCUT2D eigenvalue weighted by atomic mass is 10.1. The van der Waals surface area contributed by atoms with Gasteiger partial charge in [-0.05, 0) is 25.0 Å². The third-order valence-electron chi connectivity index (χ3n) is 2.98. The van der Waals surface area contributed by atoms with Crippen molar-refractivity contribution in [2.24, 2.45) is 5.73 Å². The Bertz CT molecular complexity index is 417. The van der Waals surface area contributed by atoms with Crippen LogP contribution in [0.5, 0.6) is 5.75 Å². The van der Waals surface area contributed by atoms with E-state index in [0.29, 0.717) is 24.2 Å². The van der Waals surface area contributed by atoms with Gasteiger partial charge in [0.25, 0.3) is 5.91 Å². The summed E-state index contributed by atoms with van der Waals surface area (Å²) in [6.07, 6.45) is 0.832. The van der Waals surface area contributed by atoms with Gasteiger partial charge < -0.3 is 15.7 Å². The van der Waals surface area contributed by atoms with Crippen LogP contribution in [0.15, 0.2) is 18.2 Å². The summed E-state index contributed by atoms with van der Waals surface area (Å²) >= 11 is 0. The first-order valence-electron chi connectivity index (χ1n) is 5.43. The molecule has 0 saturated carbocycles. The second kappa shape index (κ2) is 4.14. The van der Waals surface area contributed by atoms with Gasteiger partial charge in [-0.1, -0.05) is 12.1 Å². The minimum Gasteiger partial charge on any atom is -0.507 e. The Kier molecular flexibility index (Phi) is 2.83. The highest BCUT2D eigenvalue weighted by atomic mass is 16.3. The maximum absolute atomic E-state index is 12.1. The van der Waals surface area contributed by atoms with Crippen LogP contribution in [-0.2, 0) is 0 Å². The van der Waals surface area contributed by atoms with Gasteiger partial charge in [-0.2, -0.15) is 0 Å². The zero-order valence-corrected chi connectivity index (χ0v) is 9.31. The number of nitrogens with two attached hydrogens (primary N) is 1. The highest BCUT2D eigenvalue weighted by molar-refractivity contribution is 5.97. The molecule has 0 radical (unpaired) electrons. The van der Waals surface area contributed by atoms with E-state index in [1.165, 1.54) is 0 Å². The first-order valence-corrected chi connectivity index (χ1v) is 5.43. The maximum Gasteiger partial charge on any atom is 0.257 e. The average Bonchev–Trinajstić information content (AvgIpc) is 2.68. The summed E-state index contributed by atoms with van der Waals surface area (Å²) in [6.45, 7) is 3.03. The Hall–Kier alpha value is -1.55. The van der Waals surface area contributed by atoms with Gasteiger partial charge in [-0.3, -0.25) is 4.79 Å². The van der Waals surface area contributed by atoms with Gasteiger partial charge in [-0.15, -0.1) is 0 Å². The second-order valence-corrected chi connectivity index (χ2v) is 4.27. The smallest absolute Gasteiger partial charge is 0.257 e. The standard InChI is InChI=1S/C12H16N2O2/c1-8-3-2-4-10(11(8)15)12(16)14-6-5-9(13)7-14/h2-4,9,15H,5-7,13H2,1H3. The van der Waals surface area contributed by atoms with Crippen LogP contribution < -0.4 is 5.73 Å². The first kappa shape index (κ1) is 11.0. The van der Waals surface area contributed by atoms with E-state index in [1.54, 1.807) is 30.0 Å². The molecule has 2 rings (SSSR count). The van der Waals surface area contributed by atoms with Gasteiger partial charge >= 0.3 is 0 Å². The van der Waals surface area contributed by atoms with Crippen molar-refractivity contribution < 1.29 is 9.90 Å². The predicted molar refractivity (Wildman–Crippen MR) is 61.3 cm³/mol. The molecule has 0 aromatic heterocycles. The molecule has 1 aliphatic heterocycles. The number of benzene rings is 1. The van der Waals surface area contributed by atoms with Gasteiger partial charge in [0.2, 0.25) is 0 Å². The number of nitrogens with zero attached hydrogens (tertiary/aromatic N) is 1. The van der Waals surface area contributed by atoms with Gasteiger partial charge in [-0.25, -0.2) is 0 Å². The summed E-state index contributed by atoms with van der Waals surface area (Å²) in [5, 5.41) is 9.82. The number of aromatic hydroxyl groups is 1. The van der Waals surface area contributed by atoms with Crippen molar-refractivity contribution >= 4 is 5.91 Å². The predicted octanol–water partition coefficient (Wildman–Crippen LogP) is 0.874. The van der Waals surface area contributed by atoms with E-state index in [-0.39, 0.29) is 17.7 Å². The average molecular weight is 220 g/mol. The van der Waals surface area contributed by atoms with E-state index >= 15 is 0 Å². The largest absolute Gasteiger partial charge is 0.507 e. The van der Waals surface area contributed by atoms with Gasteiger partial charge in [0.15, 0.2) is 0 Å². The van der Waals surface area contributed by atoms with E-state index in [4.69, 9.17) is 5.73 Å². The van der Waals surface area contributed by atoms with E-state index in [1.807, 2.05) is 0 Å². The van der Waals surface area contributed by atoms with E-state index in [0.717, 1.165) is 6.42 Å². The van der Waals surface area contributed by atoms with E-state index in [2.05, 4.69) is 0 Å². The van der Waals surface area contributed by atoms with Crippen LogP contribution in [0.25, 0.3) is 0 Å². The minimum absolute atomic E-state index is 0.0657. The van der Waals surface area contributed by atoms with Crippen LogP contribution in [0.1, 0.15) is 22.3 Å². The number of phenolic OH excluding ortho intramolecular Hbond substituents is 1. The number of carbonyl (C=O) groups is 1. The van der Waals surface area contributed by atoms with Crippen LogP contribution in [0.2, 0.25) is 0 Å². The van der Waals surface area contributed by atoms with Crippen molar-refractivity contribution in [2.45, 2.75) is 19.4 Å². The van der Waals surface area contributed by atoms with Crippen molar-refractivity contribution in [3.63, 3.8) is 0 Å². The normalized spacial score (nSPS) is 20.1. The Morgan fingerprint density at radius 1 is 1.56 bits per heavy atom. The lowest BCUT2D eigenvalue weighted by molar-refractivity contribution is 0.0787. The summed E-state index contributed by atoms with van der Waals surface area (Å²) in [6, 6.07) is 5.27. The molecule has 16 heavy (non-hydrogen) atoms. The molecule has 3 N–H and O–H groups in total. The van der Waals surface area contributed by atoms with E-state index in [9.17, 15) is 9.90 Å². The first-order chi connectivity index (χ1) is 7.59. The number of carbonyl (C=O) groups excluding carboxylic acids is 1. The highest BCUT2D eigenvalue weighted by Gasteiger charge is 2.26. The SMILES string of the molecule is Cc1cccc(C(=O)N2CCC(N)C2)c1O. The molecular formula is C12H16N2O2. The topological polar surface area (TPSA) is 66.6 Å². The van der Waals surface area contributed by atoms with Crippen molar-refractivity contribution in [2.75, 3.05) is 13.1 Å². The molecule has 86 valence electrons. The van der Waals surface area contributed by atoms with Crippen molar-refractivity contribution in [3.8, 4) is 5.75 Å². The molecule has 1 fully saturated rings. The van der Waals surface area contributed by atoms with Crippen LogP contribution >= 0.6 is 0 Å². The van der Waals surface area contributed by atoms with Gasteiger partial charge in [0, 0.05) is 19.1 Å². The molecule has 1 aliphatic rings. The lowest BCUT2D eigenvalue weighted by Crippen LogP contribution is -2.31. The molecule has 1 unspecified atom stereocenters. The maximum atomic E-state index is 12.1. The third kappa shape index (κ3) is 1.88. The molecule has 0 bridgehead atoms. The fraction of sp³-hybridized carbons (Fsp3) is 0.417. The Labute approximate surface area is 94.7 Å². The summed E-state index contributed by atoms with van der Waals surface area (Å²) in [5.41, 5.74) is 6.84. The number of hydrogen-bond donors (Lipinski definition) is 2. The third-order valence-corrected chi connectivity index (χ3v) is 2.98. The Morgan fingerprint density at radius 2 is 2.31 bits per heavy atom. The summed E-state index contributed by atoms with van der Waals surface area (Å²) in [5.74, 6) is -0.0536.